The van der Waals surface area contributed by atoms with E-state index in [0.29, 0.717) is 0 Å². The minimum Gasteiger partial charge on any atom is -0.341 e. The zero-order chi connectivity index (χ0) is 13.8. The Bertz CT molecular complexity index is 316. The maximum absolute atomic E-state index is 12.5. The molecule has 5 nitrogen and oxygen atoms in total. The summed E-state index contributed by atoms with van der Waals surface area (Å²) in [6.45, 7) is 7.85. The fourth-order valence-electron chi connectivity index (χ4n) is 3.13. The van der Waals surface area contributed by atoms with Gasteiger partial charge >= 0.3 is 0 Å². The summed E-state index contributed by atoms with van der Waals surface area (Å²) in [4.78, 5) is 28.6. The number of likely N-dealkylation sites (tertiary alicyclic amines) is 1. The summed E-state index contributed by atoms with van der Waals surface area (Å²) in [6.07, 6.45) is 2.67. The molecule has 0 spiro atoms. The highest BCUT2D eigenvalue weighted by Crippen LogP contribution is 2.23. The van der Waals surface area contributed by atoms with Gasteiger partial charge < -0.3 is 15.1 Å². The molecule has 2 rings (SSSR count). The summed E-state index contributed by atoms with van der Waals surface area (Å²) in [7, 11) is 0. The van der Waals surface area contributed by atoms with Gasteiger partial charge in [-0.25, -0.2) is 0 Å². The van der Waals surface area contributed by atoms with Gasteiger partial charge in [0.05, 0.1) is 5.92 Å². The van der Waals surface area contributed by atoms with Crippen LogP contribution in [-0.2, 0) is 9.59 Å². The van der Waals surface area contributed by atoms with Crippen molar-refractivity contribution in [3.8, 4) is 0 Å². The first-order chi connectivity index (χ1) is 9.19. The number of rotatable bonds is 4. The van der Waals surface area contributed by atoms with Crippen LogP contribution in [0.2, 0.25) is 0 Å². The first-order valence-electron chi connectivity index (χ1n) is 7.49. The van der Waals surface area contributed by atoms with Gasteiger partial charge in [0, 0.05) is 26.2 Å². The molecule has 2 fully saturated rings. The zero-order valence-electron chi connectivity index (χ0n) is 12.0. The van der Waals surface area contributed by atoms with Crippen LogP contribution in [-0.4, -0.2) is 60.4 Å². The van der Waals surface area contributed by atoms with Gasteiger partial charge in [-0.15, -0.1) is 0 Å². The molecule has 1 N–H and O–H groups in total. The van der Waals surface area contributed by atoms with Gasteiger partial charge in [-0.1, -0.05) is 0 Å². The third-order valence-corrected chi connectivity index (χ3v) is 4.31. The predicted octanol–water partition coefficient (Wildman–Crippen LogP) is 0.455. The quantitative estimate of drug-likeness (QED) is 0.805. The first-order valence-corrected chi connectivity index (χ1v) is 7.49. The van der Waals surface area contributed by atoms with E-state index in [1.54, 1.807) is 0 Å². The lowest BCUT2D eigenvalue weighted by atomic mass is 10.1. The van der Waals surface area contributed by atoms with E-state index in [4.69, 9.17) is 0 Å². The molecule has 2 unspecified atom stereocenters. The number of likely N-dealkylation sites (N-methyl/N-ethyl adjacent to an activating group) is 1. The van der Waals surface area contributed by atoms with Crippen molar-refractivity contribution in [2.24, 2.45) is 5.92 Å². The molecule has 0 saturated carbocycles. The van der Waals surface area contributed by atoms with Crippen LogP contribution in [0.5, 0.6) is 0 Å². The molecule has 0 bridgehead atoms. The SMILES string of the molecule is CCN(CC)C(=O)C1CCCN1C(=O)C1CCNC1. The van der Waals surface area contributed by atoms with Crippen LogP contribution in [0.4, 0.5) is 0 Å². The molecule has 0 aromatic rings. The van der Waals surface area contributed by atoms with Crippen molar-refractivity contribution in [3.63, 3.8) is 0 Å². The maximum atomic E-state index is 12.5. The molecule has 0 aliphatic carbocycles. The van der Waals surface area contributed by atoms with E-state index in [1.807, 2.05) is 23.6 Å². The lowest BCUT2D eigenvalue weighted by Crippen LogP contribution is -2.49. The topological polar surface area (TPSA) is 52.7 Å². The van der Waals surface area contributed by atoms with Crippen molar-refractivity contribution in [1.82, 2.24) is 15.1 Å². The van der Waals surface area contributed by atoms with Crippen LogP contribution in [0.25, 0.3) is 0 Å². The molecule has 0 aromatic carbocycles. The molecular formula is C14H25N3O2. The van der Waals surface area contributed by atoms with Crippen molar-refractivity contribution >= 4 is 11.8 Å². The number of nitrogens with zero attached hydrogens (tertiary/aromatic N) is 2. The summed E-state index contributed by atoms with van der Waals surface area (Å²) in [6, 6.07) is -0.215. The molecule has 2 aliphatic rings. The van der Waals surface area contributed by atoms with Gasteiger partial charge in [0.2, 0.25) is 11.8 Å². The fraction of sp³-hybridized carbons (Fsp3) is 0.857. The number of nitrogens with one attached hydrogen (secondary N) is 1. The molecule has 5 heteroatoms. The molecule has 19 heavy (non-hydrogen) atoms. The molecule has 2 heterocycles. The molecule has 108 valence electrons. The van der Waals surface area contributed by atoms with Crippen molar-refractivity contribution in [2.45, 2.75) is 39.2 Å². The maximum Gasteiger partial charge on any atom is 0.245 e. The third-order valence-electron chi connectivity index (χ3n) is 4.31. The summed E-state index contributed by atoms with van der Waals surface area (Å²) in [5.41, 5.74) is 0. The number of carbonyl (C=O) groups is 2. The molecule has 0 radical (unpaired) electrons. The van der Waals surface area contributed by atoms with Gasteiger partial charge in [0.25, 0.3) is 0 Å². The summed E-state index contributed by atoms with van der Waals surface area (Å²) < 4.78 is 0. The molecular weight excluding hydrogens is 242 g/mol. The lowest BCUT2D eigenvalue weighted by Gasteiger charge is -2.30. The van der Waals surface area contributed by atoms with Crippen LogP contribution in [0.3, 0.4) is 0 Å². The van der Waals surface area contributed by atoms with Crippen molar-refractivity contribution in [2.75, 3.05) is 32.7 Å². The standard InChI is InChI=1S/C14H25N3O2/c1-3-16(4-2)14(19)12-6-5-9-17(12)13(18)11-7-8-15-10-11/h11-12,15H,3-10H2,1-2H3. The van der Waals surface area contributed by atoms with Gasteiger partial charge in [0.1, 0.15) is 6.04 Å². The highest BCUT2D eigenvalue weighted by atomic mass is 16.2. The second-order valence-electron chi connectivity index (χ2n) is 5.39. The van der Waals surface area contributed by atoms with E-state index in [0.717, 1.165) is 52.0 Å². The smallest absolute Gasteiger partial charge is 0.245 e. The van der Waals surface area contributed by atoms with Crippen molar-refractivity contribution in [1.29, 1.82) is 0 Å². The Morgan fingerprint density at radius 2 is 2.00 bits per heavy atom. The van der Waals surface area contributed by atoms with Crippen molar-refractivity contribution < 1.29 is 9.59 Å². The highest BCUT2D eigenvalue weighted by molar-refractivity contribution is 5.89. The van der Waals surface area contributed by atoms with E-state index in [2.05, 4.69) is 5.32 Å². The van der Waals surface area contributed by atoms with Gasteiger partial charge in [-0.2, -0.15) is 0 Å². The normalized spacial score (nSPS) is 26.7. The Hall–Kier alpha value is -1.10. The third kappa shape index (κ3) is 2.91. The fourth-order valence-corrected chi connectivity index (χ4v) is 3.13. The monoisotopic (exact) mass is 267 g/mol. The van der Waals surface area contributed by atoms with Crippen LogP contribution in [0, 0.1) is 5.92 Å². The van der Waals surface area contributed by atoms with Crippen molar-refractivity contribution in [3.05, 3.63) is 0 Å². The minimum atomic E-state index is -0.215. The van der Waals surface area contributed by atoms with Gasteiger partial charge in [-0.05, 0) is 39.7 Å². The summed E-state index contributed by atoms with van der Waals surface area (Å²) >= 11 is 0. The molecule has 2 amide bonds. The number of carbonyl (C=O) groups excluding carboxylic acids is 2. The summed E-state index contributed by atoms with van der Waals surface area (Å²) in [5, 5.41) is 3.22. The first kappa shape index (κ1) is 14.3. The van der Waals surface area contributed by atoms with E-state index < -0.39 is 0 Å². The van der Waals surface area contributed by atoms with E-state index in [-0.39, 0.29) is 23.8 Å². The Morgan fingerprint density at radius 1 is 1.26 bits per heavy atom. The highest BCUT2D eigenvalue weighted by Gasteiger charge is 2.38. The Labute approximate surface area is 115 Å². The molecule has 2 atom stereocenters. The van der Waals surface area contributed by atoms with Crippen LogP contribution in [0.15, 0.2) is 0 Å². The van der Waals surface area contributed by atoms with Crippen LogP contribution < -0.4 is 5.32 Å². The van der Waals surface area contributed by atoms with E-state index >= 15 is 0 Å². The zero-order valence-corrected chi connectivity index (χ0v) is 12.0. The second-order valence-corrected chi connectivity index (χ2v) is 5.39. The van der Waals surface area contributed by atoms with E-state index in [9.17, 15) is 9.59 Å². The van der Waals surface area contributed by atoms with E-state index in [1.165, 1.54) is 0 Å². The Kier molecular flexibility index (Phi) is 4.80. The Balaban J connectivity index is 2.03. The summed E-state index contributed by atoms with van der Waals surface area (Å²) in [5.74, 6) is 0.375. The average molecular weight is 267 g/mol. The lowest BCUT2D eigenvalue weighted by molar-refractivity contribution is -0.145. The predicted molar refractivity (Wildman–Crippen MR) is 73.6 cm³/mol. The number of amides is 2. The number of hydrogen-bond acceptors (Lipinski definition) is 3. The largest absolute Gasteiger partial charge is 0.341 e. The van der Waals surface area contributed by atoms with Crippen LogP contribution >= 0.6 is 0 Å². The molecule has 2 saturated heterocycles. The number of hydrogen-bond donors (Lipinski definition) is 1. The van der Waals surface area contributed by atoms with Gasteiger partial charge in [0.15, 0.2) is 0 Å². The minimum absolute atomic E-state index is 0.0742. The molecule has 0 aromatic heterocycles. The van der Waals surface area contributed by atoms with Gasteiger partial charge in [-0.3, -0.25) is 9.59 Å². The van der Waals surface area contributed by atoms with Crippen LogP contribution in [0.1, 0.15) is 33.1 Å². The Morgan fingerprint density at radius 3 is 2.58 bits per heavy atom. The average Bonchev–Trinajstić information content (AvgIpc) is 3.10. The molecule has 2 aliphatic heterocycles. The second kappa shape index (κ2) is 6.37.